The molecule has 0 unspecified atom stereocenters. The first kappa shape index (κ1) is 15.3. The van der Waals surface area contributed by atoms with Gasteiger partial charge in [-0.2, -0.15) is 0 Å². The lowest BCUT2D eigenvalue weighted by atomic mass is 10.1. The van der Waals surface area contributed by atoms with E-state index in [0.717, 1.165) is 10.5 Å². The van der Waals surface area contributed by atoms with Crippen molar-refractivity contribution in [1.82, 2.24) is 0 Å². The second-order valence-electron chi connectivity index (χ2n) is 4.47. The van der Waals surface area contributed by atoms with E-state index in [-0.39, 0.29) is 18.8 Å². The summed E-state index contributed by atoms with van der Waals surface area (Å²) in [5, 5.41) is 0. The number of ether oxygens (including phenoxy) is 1. The summed E-state index contributed by atoms with van der Waals surface area (Å²) in [5.74, 6) is -0.584. The molecule has 108 valence electrons. The summed E-state index contributed by atoms with van der Waals surface area (Å²) in [4.78, 5) is 24.7. The Hall–Kier alpha value is -2.07. The summed E-state index contributed by atoms with van der Waals surface area (Å²) < 4.78 is 5.03. The molecule has 0 saturated carbocycles. The van der Waals surface area contributed by atoms with Crippen LogP contribution in [0.25, 0.3) is 0 Å². The zero-order valence-electron chi connectivity index (χ0n) is 11.7. The van der Waals surface area contributed by atoms with Gasteiger partial charge in [0.1, 0.15) is 0 Å². The van der Waals surface area contributed by atoms with Crippen LogP contribution in [0.15, 0.2) is 59.5 Å². The zero-order chi connectivity index (χ0) is 15.1. The highest BCUT2D eigenvalue weighted by Gasteiger charge is 2.10. The van der Waals surface area contributed by atoms with Crippen LogP contribution in [-0.4, -0.2) is 24.6 Å². The van der Waals surface area contributed by atoms with Crippen molar-refractivity contribution >= 4 is 23.5 Å². The van der Waals surface area contributed by atoms with Crippen LogP contribution in [0.4, 0.5) is 0 Å². The van der Waals surface area contributed by atoms with Crippen LogP contribution in [0.3, 0.4) is 0 Å². The highest BCUT2D eigenvalue weighted by atomic mass is 32.2. The van der Waals surface area contributed by atoms with E-state index < -0.39 is 5.97 Å². The van der Waals surface area contributed by atoms with Crippen molar-refractivity contribution in [1.29, 1.82) is 0 Å². The number of thioether (sulfide) groups is 1. The lowest BCUT2D eigenvalue weighted by Crippen LogP contribution is -2.15. The average Bonchev–Trinajstić information content (AvgIpc) is 2.53. The van der Waals surface area contributed by atoms with Crippen molar-refractivity contribution in [2.24, 2.45) is 0 Å². The van der Waals surface area contributed by atoms with Crippen molar-refractivity contribution in [2.75, 3.05) is 12.9 Å². The zero-order valence-corrected chi connectivity index (χ0v) is 12.6. The van der Waals surface area contributed by atoms with E-state index in [1.165, 1.54) is 0 Å². The maximum absolute atomic E-state index is 11.9. The van der Waals surface area contributed by atoms with Gasteiger partial charge in [-0.25, -0.2) is 0 Å². The molecule has 3 nitrogen and oxygen atoms in total. The lowest BCUT2D eigenvalue weighted by molar-refractivity contribution is -0.141. The standard InChI is InChI=1S/C17H16O3S/c1-21-15-9-7-14(8-10-15)16(18)12-20-17(19)11-13-5-3-2-4-6-13/h2-10H,11-12H2,1H3. The average molecular weight is 300 g/mol. The van der Waals surface area contributed by atoms with Crippen LogP contribution < -0.4 is 0 Å². The first-order chi connectivity index (χ1) is 10.2. The largest absolute Gasteiger partial charge is 0.457 e. The van der Waals surface area contributed by atoms with Crippen LogP contribution in [0.2, 0.25) is 0 Å². The molecule has 2 rings (SSSR count). The van der Waals surface area contributed by atoms with Crippen molar-refractivity contribution in [3.63, 3.8) is 0 Å². The van der Waals surface area contributed by atoms with Gasteiger partial charge in [0.25, 0.3) is 0 Å². The third-order valence-electron chi connectivity index (χ3n) is 2.97. The Balaban J connectivity index is 1.84. The van der Waals surface area contributed by atoms with Crippen molar-refractivity contribution < 1.29 is 14.3 Å². The van der Waals surface area contributed by atoms with Gasteiger partial charge in [0, 0.05) is 10.5 Å². The fourth-order valence-electron chi connectivity index (χ4n) is 1.82. The van der Waals surface area contributed by atoms with Gasteiger partial charge in [-0.3, -0.25) is 9.59 Å². The highest BCUT2D eigenvalue weighted by Crippen LogP contribution is 2.15. The van der Waals surface area contributed by atoms with Gasteiger partial charge >= 0.3 is 5.97 Å². The number of rotatable bonds is 6. The van der Waals surface area contributed by atoms with Crippen molar-refractivity contribution in [2.45, 2.75) is 11.3 Å². The molecule has 0 radical (unpaired) electrons. The molecule has 0 amide bonds. The molecule has 0 saturated heterocycles. The molecule has 21 heavy (non-hydrogen) atoms. The third-order valence-corrected chi connectivity index (χ3v) is 3.71. The summed E-state index contributed by atoms with van der Waals surface area (Å²) in [6.45, 7) is -0.218. The van der Waals surface area contributed by atoms with E-state index in [9.17, 15) is 9.59 Å². The molecular formula is C17H16O3S. The van der Waals surface area contributed by atoms with Gasteiger partial charge in [0.15, 0.2) is 12.4 Å². The minimum absolute atomic E-state index is 0.180. The lowest BCUT2D eigenvalue weighted by Gasteiger charge is -2.05. The van der Waals surface area contributed by atoms with Crippen LogP contribution >= 0.6 is 11.8 Å². The van der Waals surface area contributed by atoms with E-state index in [1.807, 2.05) is 48.7 Å². The van der Waals surface area contributed by atoms with E-state index in [4.69, 9.17) is 4.74 Å². The SMILES string of the molecule is CSc1ccc(C(=O)COC(=O)Cc2ccccc2)cc1. The summed E-state index contributed by atoms with van der Waals surface area (Å²) in [7, 11) is 0. The number of carbonyl (C=O) groups excluding carboxylic acids is 2. The van der Waals surface area contributed by atoms with Crippen LogP contribution in [-0.2, 0) is 16.0 Å². The Morgan fingerprint density at radius 1 is 1.00 bits per heavy atom. The predicted molar refractivity (Wildman–Crippen MR) is 83.7 cm³/mol. The van der Waals surface area contributed by atoms with Gasteiger partial charge in [-0.15, -0.1) is 11.8 Å². The number of hydrogen-bond donors (Lipinski definition) is 0. The molecule has 4 heteroatoms. The van der Waals surface area contributed by atoms with Crippen molar-refractivity contribution in [3.8, 4) is 0 Å². The maximum Gasteiger partial charge on any atom is 0.310 e. The Labute approximate surface area is 128 Å². The predicted octanol–water partition coefficient (Wildman–Crippen LogP) is 3.38. The summed E-state index contributed by atoms with van der Waals surface area (Å²) in [6.07, 6.45) is 2.15. The first-order valence-corrected chi connectivity index (χ1v) is 7.78. The molecule has 0 N–H and O–H groups in total. The Kier molecular flexibility index (Phi) is 5.58. The number of esters is 1. The van der Waals surface area contributed by atoms with Gasteiger partial charge in [-0.05, 0) is 24.0 Å². The molecule has 0 atom stereocenters. The maximum atomic E-state index is 11.9. The number of carbonyl (C=O) groups is 2. The molecular weight excluding hydrogens is 284 g/mol. The number of Topliss-reactive ketones (excluding diaryl/α,β-unsaturated/α-hetero) is 1. The minimum atomic E-state index is -0.393. The molecule has 0 fully saturated rings. The first-order valence-electron chi connectivity index (χ1n) is 6.56. The number of hydrogen-bond acceptors (Lipinski definition) is 4. The molecule has 0 aliphatic carbocycles. The van der Waals surface area contributed by atoms with Gasteiger partial charge in [-0.1, -0.05) is 42.5 Å². The van der Waals surface area contributed by atoms with E-state index in [2.05, 4.69) is 0 Å². The monoisotopic (exact) mass is 300 g/mol. The minimum Gasteiger partial charge on any atom is -0.457 e. The summed E-state index contributed by atoms with van der Waals surface area (Å²) in [5.41, 5.74) is 1.43. The Morgan fingerprint density at radius 2 is 1.67 bits per heavy atom. The molecule has 0 spiro atoms. The quantitative estimate of drug-likeness (QED) is 0.466. The second-order valence-corrected chi connectivity index (χ2v) is 5.35. The van der Waals surface area contributed by atoms with E-state index >= 15 is 0 Å². The Morgan fingerprint density at radius 3 is 2.29 bits per heavy atom. The normalized spacial score (nSPS) is 10.1. The fourth-order valence-corrected chi connectivity index (χ4v) is 2.23. The molecule has 2 aromatic rings. The van der Waals surface area contributed by atoms with Gasteiger partial charge in [0.2, 0.25) is 0 Å². The topological polar surface area (TPSA) is 43.4 Å². The van der Waals surface area contributed by atoms with Crippen molar-refractivity contribution in [3.05, 3.63) is 65.7 Å². The van der Waals surface area contributed by atoms with E-state index in [1.54, 1.807) is 23.9 Å². The summed E-state index contributed by atoms with van der Waals surface area (Å²) in [6, 6.07) is 16.6. The smallest absolute Gasteiger partial charge is 0.310 e. The highest BCUT2D eigenvalue weighted by molar-refractivity contribution is 7.98. The van der Waals surface area contributed by atoms with E-state index in [0.29, 0.717) is 5.56 Å². The molecule has 0 bridgehead atoms. The third kappa shape index (κ3) is 4.76. The fraction of sp³-hybridized carbons (Fsp3) is 0.176. The second kappa shape index (κ2) is 7.64. The van der Waals surface area contributed by atoms with Crippen LogP contribution in [0, 0.1) is 0 Å². The molecule has 2 aromatic carbocycles. The summed E-state index contributed by atoms with van der Waals surface area (Å²) >= 11 is 1.61. The van der Waals surface area contributed by atoms with Crippen LogP contribution in [0.1, 0.15) is 15.9 Å². The molecule has 0 heterocycles. The molecule has 0 aliphatic heterocycles. The number of ketones is 1. The molecule has 0 aliphatic rings. The van der Waals surface area contributed by atoms with Crippen LogP contribution in [0.5, 0.6) is 0 Å². The van der Waals surface area contributed by atoms with Gasteiger partial charge in [0.05, 0.1) is 6.42 Å². The Bertz CT molecular complexity index is 606. The molecule has 0 aromatic heterocycles. The number of benzene rings is 2. The van der Waals surface area contributed by atoms with Gasteiger partial charge < -0.3 is 4.74 Å².